The summed E-state index contributed by atoms with van der Waals surface area (Å²) in [6.07, 6.45) is 4.66. The van der Waals surface area contributed by atoms with Gasteiger partial charge in [-0.3, -0.25) is 4.79 Å². The van der Waals surface area contributed by atoms with E-state index in [1.54, 1.807) is 0 Å². The Balaban J connectivity index is 1.84. The molecule has 1 aliphatic rings. The highest BCUT2D eigenvalue weighted by molar-refractivity contribution is 6.04. The summed E-state index contributed by atoms with van der Waals surface area (Å²) in [5.41, 5.74) is 5.56. The maximum absolute atomic E-state index is 12.3. The molecule has 0 unspecified atom stereocenters. The maximum atomic E-state index is 12.3. The van der Waals surface area contributed by atoms with Crippen molar-refractivity contribution in [3.05, 3.63) is 64.7 Å². The second-order valence-corrected chi connectivity index (χ2v) is 5.47. The first kappa shape index (κ1) is 12.9. The summed E-state index contributed by atoms with van der Waals surface area (Å²) < 4.78 is 0. The Morgan fingerprint density at radius 2 is 1.75 bits per heavy atom. The minimum Gasteiger partial charge on any atom is -0.322 e. The van der Waals surface area contributed by atoms with E-state index in [1.165, 1.54) is 29.5 Å². The normalized spacial score (nSPS) is 13.7. The number of carbonyl (C=O) groups excluding carboxylic acids is 1. The van der Waals surface area contributed by atoms with E-state index >= 15 is 0 Å². The predicted molar refractivity (Wildman–Crippen MR) is 82.2 cm³/mol. The maximum Gasteiger partial charge on any atom is 0.255 e. The highest BCUT2D eigenvalue weighted by Crippen LogP contribution is 2.28. The summed E-state index contributed by atoms with van der Waals surface area (Å²) in [5, 5.41) is 3.07. The zero-order valence-corrected chi connectivity index (χ0v) is 11.8. The number of anilines is 1. The molecule has 2 heteroatoms. The molecule has 1 amide bonds. The van der Waals surface area contributed by atoms with Crippen LogP contribution in [0.1, 0.15) is 39.9 Å². The van der Waals surface area contributed by atoms with E-state index in [2.05, 4.69) is 11.4 Å². The highest BCUT2D eigenvalue weighted by Gasteiger charge is 2.14. The van der Waals surface area contributed by atoms with Crippen LogP contribution in [-0.2, 0) is 12.8 Å². The molecule has 1 aliphatic carbocycles. The SMILES string of the molecule is Cc1ccc(C(=O)Nc2cccc3c2CCCC3)cc1. The minimum atomic E-state index is -0.0241. The van der Waals surface area contributed by atoms with Crippen LogP contribution < -0.4 is 5.32 Å². The third kappa shape index (κ3) is 2.60. The molecule has 0 saturated carbocycles. The number of carbonyl (C=O) groups is 1. The van der Waals surface area contributed by atoms with E-state index in [4.69, 9.17) is 0 Å². The minimum absolute atomic E-state index is 0.0241. The van der Waals surface area contributed by atoms with E-state index in [0.717, 1.165) is 18.5 Å². The zero-order chi connectivity index (χ0) is 13.9. The van der Waals surface area contributed by atoms with E-state index in [9.17, 15) is 4.79 Å². The first-order valence-electron chi connectivity index (χ1n) is 7.23. The summed E-state index contributed by atoms with van der Waals surface area (Å²) in [6.45, 7) is 2.02. The molecule has 0 spiro atoms. The molecule has 0 fully saturated rings. The van der Waals surface area contributed by atoms with Gasteiger partial charge in [0.2, 0.25) is 0 Å². The molecule has 2 aromatic rings. The van der Waals surface area contributed by atoms with Gasteiger partial charge >= 0.3 is 0 Å². The molecule has 2 nitrogen and oxygen atoms in total. The number of nitrogens with one attached hydrogen (secondary N) is 1. The van der Waals surface area contributed by atoms with Gasteiger partial charge in [0.1, 0.15) is 0 Å². The fraction of sp³-hybridized carbons (Fsp3) is 0.278. The smallest absolute Gasteiger partial charge is 0.255 e. The number of rotatable bonds is 2. The average molecular weight is 265 g/mol. The average Bonchev–Trinajstić information content (AvgIpc) is 2.48. The fourth-order valence-corrected chi connectivity index (χ4v) is 2.80. The van der Waals surface area contributed by atoms with Crippen molar-refractivity contribution in [2.75, 3.05) is 5.32 Å². The van der Waals surface area contributed by atoms with Crippen LogP contribution in [0.15, 0.2) is 42.5 Å². The predicted octanol–water partition coefficient (Wildman–Crippen LogP) is 4.13. The number of aryl methyl sites for hydroxylation is 2. The monoisotopic (exact) mass is 265 g/mol. The van der Waals surface area contributed by atoms with E-state index in [-0.39, 0.29) is 5.91 Å². The van der Waals surface area contributed by atoms with Crippen LogP contribution in [0.3, 0.4) is 0 Å². The molecule has 0 aliphatic heterocycles. The van der Waals surface area contributed by atoms with Crippen LogP contribution in [0.5, 0.6) is 0 Å². The number of hydrogen-bond donors (Lipinski definition) is 1. The molecule has 2 aromatic carbocycles. The fourth-order valence-electron chi connectivity index (χ4n) is 2.80. The lowest BCUT2D eigenvalue weighted by Gasteiger charge is -2.19. The van der Waals surface area contributed by atoms with Crippen LogP contribution in [0.25, 0.3) is 0 Å². The second kappa shape index (κ2) is 5.49. The van der Waals surface area contributed by atoms with Crippen molar-refractivity contribution in [1.82, 2.24) is 0 Å². The van der Waals surface area contributed by atoms with Gasteiger partial charge < -0.3 is 5.32 Å². The number of fused-ring (bicyclic) bond motifs is 1. The molecular weight excluding hydrogens is 246 g/mol. The zero-order valence-electron chi connectivity index (χ0n) is 11.8. The standard InChI is InChI=1S/C18H19NO/c1-13-9-11-15(12-10-13)18(20)19-17-8-4-6-14-5-2-3-7-16(14)17/h4,6,8-12H,2-3,5,7H2,1H3,(H,19,20). The Bertz CT molecular complexity index is 628. The topological polar surface area (TPSA) is 29.1 Å². The summed E-state index contributed by atoms with van der Waals surface area (Å²) >= 11 is 0. The number of benzene rings is 2. The Morgan fingerprint density at radius 1 is 1.00 bits per heavy atom. The quantitative estimate of drug-likeness (QED) is 0.869. The van der Waals surface area contributed by atoms with Crippen molar-refractivity contribution in [3.8, 4) is 0 Å². The lowest BCUT2D eigenvalue weighted by Crippen LogP contribution is -2.15. The number of amides is 1. The Kier molecular flexibility index (Phi) is 3.55. The largest absolute Gasteiger partial charge is 0.322 e. The van der Waals surface area contributed by atoms with Crippen LogP contribution >= 0.6 is 0 Å². The summed E-state index contributed by atoms with van der Waals surface area (Å²) in [4.78, 5) is 12.3. The van der Waals surface area contributed by atoms with Crippen LogP contribution in [0.2, 0.25) is 0 Å². The van der Waals surface area contributed by atoms with Crippen molar-refractivity contribution < 1.29 is 4.79 Å². The van der Waals surface area contributed by atoms with Crippen LogP contribution in [0, 0.1) is 6.92 Å². The molecular formula is C18H19NO. The van der Waals surface area contributed by atoms with Crippen molar-refractivity contribution in [1.29, 1.82) is 0 Å². The summed E-state index contributed by atoms with van der Waals surface area (Å²) in [7, 11) is 0. The van der Waals surface area contributed by atoms with E-state index < -0.39 is 0 Å². The Morgan fingerprint density at radius 3 is 2.55 bits per heavy atom. The van der Waals surface area contributed by atoms with Gasteiger partial charge in [-0.05, 0) is 61.9 Å². The van der Waals surface area contributed by atoms with Gasteiger partial charge in [-0.2, -0.15) is 0 Å². The van der Waals surface area contributed by atoms with Crippen molar-refractivity contribution in [2.45, 2.75) is 32.6 Å². The molecule has 0 saturated heterocycles. The molecule has 1 N–H and O–H groups in total. The molecule has 20 heavy (non-hydrogen) atoms. The summed E-state index contributed by atoms with van der Waals surface area (Å²) in [5.74, 6) is -0.0241. The van der Waals surface area contributed by atoms with Crippen molar-refractivity contribution in [2.24, 2.45) is 0 Å². The summed E-state index contributed by atoms with van der Waals surface area (Å²) in [6, 6.07) is 13.9. The molecule has 0 radical (unpaired) electrons. The van der Waals surface area contributed by atoms with Gasteiger partial charge in [0, 0.05) is 11.3 Å². The lowest BCUT2D eigenvalue weighted by atomic mass is 9.90. The van der Waals surface area contributed by atoms with Crippen molar-refractivity contribution >= 4 is 11.6 Å². The van der Waals surface area contributed by atoms with Gasteiger partial charge in [0.05, 0.1) is 0 Å². The molecule has 0 aromatic heterocycles. The molecule has 0 atom stereocenters. The van der Waals surface area contributed by atoms with Gasteiger partial charge in [-0.15, -0.1) is 0 Å². The third-order valence-corrected chi connectivity index (χ3v) is 3.96. The van der Waals surface area contributed by atoms with Crippen LogP contribution in [-0.4, -0.2) is 5.91 Å². The lowest BCUT2D eigenvalue weighted by molar-refractivity contribution is 0.102. The highest BCUT2D eigenvalue weighted by atomic mass is 16.1. The molecule has 0 heterocycles. The van der Waals surface area contributed by atoms with Gasteiger partial charge in [0.15, 0.2) is 0 Å². The second-order valence-electron chi connectivity index (χ2n) is 5.47. The first-order chi connectivity index (χ1) is 9.74. The third-order valence-electron chi connectivity index (χ3n) is 3.96. The van der Waals surface area contributed by atoms with Crippen LogP contribution in [0.4, 0.5) is 5.69 Å². The van der Waals surface area contributed by atoms with Crippen molar-refractivity contribution in [3.63, 3.8) is 0 Å². The molecule has 0 bridgehead atoms. The Hall–Kier alpha value is -2.09. The van der Waals surface area contributed by atoms with Gasteiger partial charge in [0.25, 0.3) is 5.91 Å². The van der Waals surface area contributed by atoms with Gasteiger partial charge in [-0.1, -0.05) is 29.8 Å². The first-order valence-corrected chi connectivity index (χ1v) is 7.23. The molecule has 102 valence electrons. The molecule has 3 rings (SSSR count). The Labute approximate surface area is 119 Å². The van der Waals surface area contributed by atoms with E-state index in [1.807, 2.05) is 43.3 Å². The van der Waals surface area contributed by atoms with E-state index in [0.29, 0.717) is 5.56 Å². The van der Waals surface area contributed by atoms with Gasteiger partial charge in [-0.25, -0.2) is 0 Å². The number of hydrogen-bond acceptors (Lipinski definition) is 1.